The van der Waals surface area contributed by atoms with Crippen molar-refractivity contribution < 1.29 is 5.11 Å². The van der Waals surface area contributed by atoms with Crippen LogP contribution in [0, 0.1) is 17.8 Å². The second-order valence-corrected chi connectivity index (χ2v) is 5.78. The van der Waals surface area contributed by atoms with Crippen molar-refractivity contribution in [2.45, 2.75) is 71.8 Å². The summed E-state index contributed by atoms with van der Waals surface area (Å²) in [5, 5.41) is 10.9. The highest BCUT2D eigenvalue weighted by atomic mass is 16.3. The van der Waals surface area contributed by atoms with E-state index in [0.29, 0.717) is 17.8 Å². The van der Waals surface area contributed by atoms with E-state index in [9.17, 15) is 5.11 Å². The molecule has 0 aromatic heterocycles. The van der Waals surface area contributed by atoms with E-state index in [4.69, 9.17) is 0 Å². The van der Waals surface area contributed by atoms with Gasteiger partial charge in [0.25, 0.3) is 0 Å². The van der Waals surface area contributed by atoms with Gasteiger partial charge in [0.1, 0.15) is 0 Å². The van der Waals surface area contributed by atoms with Crippen LogP contribution in [-0.2, 0) is 0 Å². The Morgan fingerprint density at radius 2 is 1.93 bits per heavy atom. The van der Waals surface area contributed by atoms with E-state index in [0.717, 1.165) is 6.42 Å². The third-order valence-corrected chi connectivity index (χ3v) is 4.36. The van der Waals surface area contributed by atoms with Crippen molar-refractivity contribution in [2.75, 3.05) is 0 Å². The summed E-state index contributed by atoms with van der Waals surface area (Å²) < 4.78 is 0. The monoisotopic (exact) mass is 212 g/mol. The zero-order chi connectivity index (χ0) is 11.5. The van der Waals surface area contributed by atoms with E-state index in [2.05, 4.69) is 27.7 Å². The molecule has 0 aromatic rings. The lowest BCUT2D eigenvalue weighted by Gasteiger charge is -2.46. The van der Waals surface area contributed by atoms with Crippen LogP contribution >= 0.6 is 0 Å². The molecule has 0 bridgehead atoms. The largest absolute Gasteiger partial charge is 0.389 e. The summed E-state index contributed by atoms with van der Waals surface area (Å²) in [7, 11) is 0. The van der Waals surface area contributed by atoms with Crippen LogP contribution < -0.4 is 0 Å². The minimum atomic E-state index is -0.373. The van der Waals surface area contributed by atoms with E-state index < -0.39 is 0 Å². The van der Waals surface area contributed by atoms with Crippen LogP contribution in [0.25, 0.3) is 0 Å². The number of rotatable bonds is 4. The molecular formula is C14H28O. The van der Waals surface area contributed by atoms with Gasteiger partial charge < -0.3 is 5.11 Å². The molecule has 1 aliphatic rings. The first-order valence-corrected chi connectivity index (χ1v) is 6.74. The van der Waals surface area contributed by atoms with Crippen LogP contribution in [0.3, 0.4) is 0 Å². The van der Waals surface area contributed by atoms with Gasteiger partial charge in [-0.25, -0.2) is 0 Å². The molecule has 0 amide bonds. The van der Waals surface area contributed by atoms with E-state index in [1.165, 1.54) is 32.1 Å². The third kappa shape index (κ3) is 2.75. The van der Waals surface area contributed by atoms with Crippen LogP contribution in [0.15, 0.2) is 0 Å². The highest BCUT2D eigenvalue weighted by Gasteiger charge is 2.43. The van der Waals surface area contributed by atoms with E-state index in [1.54, 1.807) is 0 Å². The third-order valence-electron chi connectivity index (χ3n) is 4.36. The van der Waals surface area contributed by atoms with Gasteiger partial charge in [-0.3, -0.25) is 0 Å². The molecule has 0 saturated heterocycles. The molecule has 1 nitrogen and oxygen atoms in total. The molecule has 15 heavy (non-hydrogen) atoms. The van der Waals surface area contributed by atoms with Crippen molar-refractivity contribution in [1.29, 1.82) is 0 Å². The molecule has 0 aliphatic heterocycles. The number of aliphatic hydroxyl groups is 1. The Bertz CT molecular complexity index is 188. The predicted molar refractivity (Wildman–Crippen MR) is 65.8 cm³/mol. The van der Waals surface area contributed by atoms with Crippen molar-refractivity contribution in [3.63, 3.8) is 0 Å². The maximum absolute atomic E-state index is 10.9. The van der Waals surface area contributed by atoms with Crippen molar-refractivity contribution >= 4 is 0 Å². The van der Waals surface area contributed by atoms with E-state index >= 15 is 0 Å². The number of hydrogen-bond acceptors (Lipinski definition) is 1. The van der Waals surface area contributed by atoms with Crippen molar-refractivity contribution in [3.8, 4) is 0 Å². The Balaban J connectivity index is 2.75. The summed E-state index contributed by atoms with van der Waals surface area (Å²) in [6.07, 6.45) is 7.13. The lowest BCUT2D eigenvalue weighted by atomic mass is 9.64. The lowest BCUT2D eigenvalue weighted by molar-refractivity contribution is -0.107. The van der Waals surface area contributed by atoms with Crippen LogP contribution in [0.5, 0.6) is 0 Å². The zero-order valence-corrected chi connectivity index (χ0v) is 10.9. The van der Waals surface area contributed by atoms with E-state index in [1.807, 2.05) is 0 Å². The second kappa shape index (κ2) is 5.34. The first kappa shape index (κ1) is 13.0. The topological polar surface area (TPSA) is 20.2 Å². The minimum absolute atomic E-state index is 0.373. The normalized spacial score (nSPS) is 34.4. The van der Waals surface area contributed by atoms with Crippen LogP contribution in [-0.4, -0.2) is 10.7 Å². The molecule has 90 valence electrons. The summed E-state index contributed by atoms with van der Waals surface area (Å²) >= 11 is 0. The van der Waals surface area contributed by atoms with Crippen molar-refractivity contribution in [3.05, 3.63) is 0 Å². The fraction of sp³-hybridized carbons (Fsp3) is 1.00. The molecule has 0 radical (unpaired) electrons. The second-order valence-electron chi connectivity index (χ2n) is 5.78. The maximum Gasteiger partial charge on any atom is 0.0703 e. The lowest BCUT2D eigenvalue weighted by Crippen LogP contribution is -2.48. The first-order valence-electron chi connectivity index (χ1n) is 6.74. The van der Waals surface area contributed by atoms with Gasteiger partial charge in [0, 0.05) is 0 Å². The molecule has 3 unspecified atom stereocenters. The van der Waals surface area contributed by atoms with Crippen LogP contribution in [0.4, 0.5) is 0 Å². The molecule has 1 fully saturated rings. The molecule has 0 heterocycles. The van der Waals surface area contributed by atoms with Crippen LogP contribution in [0.2, 0.25) is 0 Å². The average molecular weight is 212 g/mol. The minimum Gasteiger partial charge on any atom is -0.389 e. The first-order chi connectivity index (χ1) is 7.02. The Labute approximate surface area is 95.3 Å². The van der Waals surface area contributed by atoms with Gasteiger partial charge >= 0.3 is 0 Å². The SMILES string of the molecule is CCCC(C)C1(O)CCCCC1C(C)C. The van der Waals surface area contributed by atoms with Gasteiger partial charge in [-0.1, -0.05) is 47.0 Å². The molecule has 1 saturated carbocycles. The maximum atomic E-state index is 10.9. The standard InChI is InChI=1S/C14H28O/c1-5-8-12(4)14(15)10-7-6-9-13(14)11(2)3/h11-13,15H,5-10H2,1-4H3. The van der Waals surface area contributed by atoms with Gasteiger partial charge in [-0.15, -0.1) is 0 Å². The highest BCUT2D eigenvalue weighted by molar-refractivity contribution is 4.94. The Morgan fingerprint density at radius 1 is 1.27 bits per heavy atom. The smallest absolute Gasteiger partial charge is 0.0703 e. The van der Waals surface area contributed by atoms with Gasteiger partial charge in [-0.05, 0) is 37.0 Å². The number of hydrogen-bond donors (Lipinski definition) is 1. The van der Waals surface area contributed by atoms with Gasteiger partial charge in [0.2, 0.25) is 0 Å². The molecule has 0 spiro atoms. The quantitative estimate of drug-likeness (QED) is 0.747. The molecule has 3 atom stereocenters. The fourth-order valence-electron chi connectivity index (χ4n) is 3.41. The molecule has 0 aromatic carbocycles. The molecule has 1 heteroatoms. The van der Waals surface area contributed by atoms with Crippen molar-refractivity contribution in [1.82, 2.24) is 0 Å². The zero-order valence-electron chi connectivity index (χ0n) is 10.9. The van der Waals surface area contributed by atoms with Crippen LogP contribution in [0.1, 0.15) is 66.2 Å². The van der Waals surface area contributed by atoms with E-state index in [-0.39, 0.29) is 5.60 Å². The summed E-state index contributed by atoms with van der Waals surface area (Å²) in [5.41, 5.74) is -0.373. The fourth-order valence-corrected chi connectivity index (χ4v) is 3.41. The molecule has 1 aliphatic carbocycles. The van der Waals surface area contributed by atoms with Crippen molar-refractivity contribution in [2.24, 2.45) is 17.8 Å². The molecule has 1 N–H and O–H groups in total. The summed E-state index contributed by atoms with van der Waals surface area (Å²) in [6, 6.07) is 0. The predicted octanol–water partition coefficient (Wildman–Crippen LogP) is 4.00. The van der Waals surface area contributed by atoms with Gasteiger partial charge in [0.15, 0.2) is 0 Å². The highest BCUT2D eigenvalue weighted by Crippen LogP contribution is 2.44. The average Bonchev–Trinajstić information content (AvgIpc) is 2.18. The summed E-state index contributed by atoms with van der Waals surface area (Å²) in [4.78, 5) is 0. The summed E-state index contributed by atoms with van der Waals surface area (Å²) in [6.45, 7) is 8.98. The van der Waals surface area contributed by atoms with Gasteiger partial charge in [-0.2, -0.15) is 0 Å². The Morgan fingerprint density at radius 3 is 2.47 bits per heavy atom. The molecule has 1 rings (SSSR count). The molecular weight excluding hydrogens is 184 g/mol. The Hall–Kier alpha value is -0.0400. The van der Waals surface area contributed by atoms with Gasteiger partial charge in [0.05, 0.1) is 5.60 Å². The Kier molecular flexibility index (Phi) is 4.64. The summed E-state index contributed by atoms with van der Waals surface area (Å²) in [5.74, 6) is 1.61.